The van der Waals surface area contributed by atoms with Crippen molar-refractivity contribution in [1.82, 2.24) is 0 Å². The molecule has 0 radical (unpaired) electrons. The van der Waals surface area contributed by atoms with Crippen molar-refractivity contribution in [2.45, 2.75) is 39.7 Å². The van der Waals surface area contributed by atoms with E-state index >= 15 is 0 Å². The van der Waals surface area contributed by atoms with Gasteiger partial charge in [0, 0.05) is 17.7 Å². The molecule has 2 aromatic carbocycles. The quantitative estimate of drug-likeness (QED) is 0.738. The molecule has 1 aliphatic carbocycles. The van der Waals surface area contributed by atoms with Gasteiger partial charge < -0.3 is 20.1 Å². The minimum absolute atomic E-state index is 0.0662. The zero-order chi connectivity index (χ0) is 20.6. The van der Waals surface area contributed by atoms with Crippen LogP contribution in [0.1, 0.15) is 45.2 Å². The van der Waals surface area contributed by atoms with Crippen molar-refractivity contribution in [3.8, 4) is 11.5 Å². The first-order valence-corrected chi connectivity index (χ1v) is 10.1. The van der Waals surface area contributed by atoms with Crippen LogP contribution in [-0.2, 0) is 4.79 Å². The molecule has 29 heavy (non-hydrogen) atoms. The van der Waals surface area contributed by atoms with Gasteiger partial charge in [-0.15, -0.1) is 0 Å². The number of para-hydroxylation sites is 2. The summed E-state index contributed by atoms with van der Waals surface area (Å²) in [5.74, 6) is 1.56. The number of fused-ring (bicyclic) bond motifs is 1. The molecule has 0 saturated heterocycles. The molecule has 2 N–H and O–H groups in total. The van der Waals surface area contributed by atoms with E-state index in [9.17, 15) is 4.79 Å². The van der Waals surface area contributed by atoms with Gasteiger partial charge in [-0.3, -0.25) is 4.79 Å². The van der Waals surface area contributed by atoms with Crippen LogP contribution in [0, 0.1) is 5.41 Å². The zero-order valence-electron chi connectivity index (χ0n) is 17.5. The highest BCUT2D eigenvalue weighted by molar-refractivity contribution is 6.01. The molecular formula is C24H28N2O3. The minimum Gasteiger partial charge on any atom is -0.493 e. The summed E-state index contributed by atoms with van der Waals surface area (Å²) in [5, 5.41) is 7.15. The predicted molar refractivity (Wildman–Crippen MR) is 116 cm³/mol. The summed E-state index contributed by atoms with van der Waals surface area (Å²) >= 11 is 0. The molecule has 0 spiro atoms. The maximum atomic E-state index is 13.3. The summed E-state index contributed by atoms with van der Waals surface area (Å²) in [6, 6.07) is 13.7. The lowest BCUT2D eigenvalue weighted by Gasteiger charge is -2.34. The van der Waals surface area contributed by atoms with Crippen LogP contribution in [0.15, 0.2) is 53.7 Å². The fourth-order valence-corrected chi connectivity index (χ4v) is 4.28. The number of anilines is 2. The molecule has 5 nitrogen and oxygen atoms in total. The Morgan fingerprint density at radius 2 is 1.83 bits per heavy atom. The lowest BCUT2D eigenvalue weighted by Crippen LogP contribution is -2.31. The van der Waals surface area contributed by atoms with Crippen LogP contribution in [0.5, 0.6) is 11.5 Å². The lowest BCUT2D eigenvalue weighted by atomic mass is 9.73. The third kappa shape index (κ3) is 3.69. The van der Waals surface area contributed by atoms with Gasteiger partial charge in [0.2, 0.25) is 0 Å². The van der Waals surface area contributed by atoms with E-state index in [2.05, 4.69) is 24.5 Å². The van der Waals surface area contributed by atoms with E-state index in [0.29, 0.717) is 24.5 Å². The Morgan fingerprint density at radius 3 is 2.55 bits per heavy atom. The first-order valence-electron chi connectivity index (χ1n) is 10.1. The lowest BCUT2D eigenvalue weighted by molar-refractivity contribution is -0.118. The normalized spacial score (nSPS) is 20.0. The number of allylic oxidation sites excluding steroid dienone is 1. The predicted octanol–water partition coefficient (Wildman–Crippen LogP) is 5.32. The third-order valence-electron chi connectivity index (χ3n) is 5.54. The number of ether oxygens (including phenoxy) is 2. The number of ketones is 1. The van der Waals surface area contributed by atoms with Crippen LogP contribution in [-0.4, -0.2) is 19.5 Å². The Hall–Kier alpha value is -2.95. The van der Waals surface area contributed by atoms with E-state index in [-0.39, 0.29) is 17.2 Å². The van der Waals surface area contributed by atoms with Crippen LogP contribution < -0.4 is 20.1 Å². The number of rotatable bonds is 4. The largest absolute Gasteiger partial charge is 0.493 e. The first kappa shape index (κ1) is 19.4. The highest BCUT2D eigenvalue weighted by Crippen LogP contribution is 2.46. The Bertz CT molecular complexity index is 978. The van der Waals surface area contributed by atoms with Crippen molar-refractivity contribution in [2.24, 2.45) is 5.41 Å². The molecule has 5 heteroatoms. The van der Waals surface area contributed by atoms with Crippen molar-refractivity contribution < 1.29 is 14.3 Å². The summed E-state index contributed by atoms with van der Waals surface area (Å²) in [6.45, 7) is 6.81. The molecule has 0 unspecified atom stereocenters. The number of carbonyl (C=O) groups excluding carboxylic acids is 1. The molecule has 1 aliphatic heterocycles. The van der Waals surface area contributed by atoms with Crippen molar-refractivity contribution >= 4 is 17.2 Å². The Kier molecular flexibility index (Phi) is 4.99. The van der Waals surface area contributed by atoms with Crippen LogP contribution in [0.25, 0.3) is 0 Å². The topological polar surface area (TPSA) is 59.6 Å². The van der Waals surface area contributed by atoms with Gasteiger partial charge in [-0.25, -0.2) is 0 Å². The van der Waals surface area contributed by atoms with Gasteiger partial charge in [0.1, 0.15) is 0 Å². The van der Waals surface area contributed by atoms with Crippen molar-refractivity contribution in [3.05, 3.63) is 59.3 Å². The third-order valence-corrected chi connectivity index (χ3v) is 5.54. The summed E-state index contributed by atoms with van der Waals surface area (Å²) in [7, 11) is 1.64. The van der Waals surface area contributed by atoms with Gasteiger partial charge in [-0.1, -0.05) is 32.0 Å². The Balaban J connectivity index is 1.85. The van der Waals surface area contributed by atoms with Gasteiger partial charge >= 0.3 is 0 Å². The van der Waals surface area contributed by atoms with Crippen molar-refractivity contribution in [1.29, 1.82) is 0 Å². The molecule has 0 saturated carbocycles. The molecule has 0 bridgehead atoms. The van der Waals surface area contributed by atoms with Gasteiger partial charge in [-0.05, 0) is 48.6 Å². The average Bonchev–Trinajstić information content (AvgIpc) is 2.84. The van der Waals surface area contributed by atoms with Crippen molar-refractivity contribution in [3.63, 3.8) is 0 Å². The maximum Gasteiger partial charge on any atom is 0.163 e. The highest BCUT2D eigenvalue weighted by Gasteiger charge is 2.38. The fourth-order valence-electron chi connectivity index (χ4n) is 4.28. The zero-order valence-corrected chi connectivity index (χ0v) is 17.5. The van der Waals surface area contributed by atoms with E-state index in [1.807, 2.05) is 49.4 Å². The number of Topliss-reactive ketones (excluding diaryl/α,β-unsaturated/α-hetero) is 1. The number of benzene rings is 2. The smallest absolute Gasteiger partial charge is 0.163 e. The summed E-state index contributed by atoms with van der Waals surface area (Å²) in [6.07, 6.45) is 1.37. The van der Waals surface area contributed by atoms with Gasteiger partial charge in [-0.2, -0.15) is 0 Å². The van der Waals surface area contributed by atoms with Gasteiger partial charge in [0.15, 0.2) is 17.3 Å². The second-order valence-electron chi connectivity index (χ2n) is 8.42. The molecule has 2 aromatic rings. The second-order valence-corrected chi connectivity index (χ2v) is 8.42. The van der Waals surface area contributed by atoms with Crippen molar-refractivity contribution in [2.75, 3.05) is 24.4 Å². The molecule has 0 aromatic heterocycles. The molecule has 1 heterocycles. The highest BCUT2D eigenvalue weighted by atomic mass is 16.5. The van der Waals surface area contributed by atoms with E-state index in [1.54, 1.807) is 7.11 Å². The standard InChI is InChI=1S/C24H28N2O3/c1-5-29-20-11-10-15(12-21(20)28-4)23-22-18(13-24(2,3)14-19(22)27)25-16-8-6-7-9-17(16)26-23/h6-12,23,25-26H,5,13-14H2,1-4H3/t23-/m1/s1. The number of nitrogens with one attached hydrogen (secondary N) is 2. The molecule has 4 rings (SSSR count). The van der Waals surface area contributed by atoms with Crippen LogP contribution in [0.2, 0.25) is 0 Å². The molecule has 0 fully saturated rings. The SMILES string of the molecule is CCOc1ccc([C@H]2Nc3ccccc3NC3=C2C(=O)CC(C)(C)C3)cc1OC. The summed E-state index contributed by atoms with van der Waals surface area (Å²) in [4.78, 5) is 13.3. The fraction of sp³-hybridized carbons (Fsp3) is 0.375. The average molecular weight is 392 g/mol. The maximum absolute atomic E-state index is 13.3. The minimum atomic E-state index is -0.255. The number of carbonyl (C=O) groups is 1. The molecule has 152 valence electrons. The number of methoxy groups -OCH3 is 1. The molecular weight excluding hydrogens is 364 g/mol. The monoisotopic (exact) mass is 392 g/mol. The molecule has 0 amide bonds. The van der Waals surface area contributed by atoms with E-state index in [4.69, 9.17) is 9.47 Å². The van der Waals surface area contributed by atoms with E-state index in [1.165, 1.54) is 0 Å². The van der Waals surface area contributed by atoms with Crippen LogP contribution >= 0.6 is 0 Å². The van der Waals surface area contributed by atoms with Crippen LogP contribution in [0.3, 0.4) is 0 Å². The number of hydrogen-bond acceptors (Lipinski definition) is 5. The Morgan fingerprint density at radius 1 is 1.07 bits per heavy atom. The van der Waals surface area contributed by atoms with E-state index in [0.717, 1.165) is 34.6 Å². The summed E-state index contributed by atoms with van der Waals surface area (Å²) in [5.41, 5.74) is 4.69. The van der Waals surface area contributed by atoms with Gasteiger partial charge in [0.05, 0.1) is 31.1 Å². The van der Waals surface area contributed by atoms with Gasteiger partial charge in [0.25, 0.3) is 0 Å². The van der Waals surface area contributed by atoms with Crippen LogP contribution in [0.4, 0.5) is 11.4 Å². The molecule has 1 atom stereocenters. The first-order chi connectivity index (χ1) is 13.9. The second kappa shape index (κ2) is 7.47. The van der Waals surface area contributed by atoms with E-state index < -0.39 is 0 Å². The number of hydrogen-bond donors (Lipinski definition) is 2. The Labute approximate surface area is 172 Å². The summed E-state index contributed by atoms with van der Waals surface area (Å²) < 4.78 is 11.2. The molecule has 2 aliphatic rings.